The molecular weight excluding hydrogens is 458 g/mol. The Bertz CT molecular complexity index is 1360. The number of amides is 1. The first-order valence-electron chi connectivity index (χ1n) is 11.7. The number of nitrogens with zero attached hydrogens (tertiary/aromatic N) is 5. The van der Waals surface area contributed by atoms with Crippen molar-refractivity contribution in [3.63, 3.8) is 0 Å². The number of rotatable bonds is 6. The molecule has 0 radical (unpaired) electrons. The molecule has 0 unspecified atom stereocenters. The summed E-state index contributed by atoms with van der Waals surface area (Å²) in [4.78, 5) is 37.1. The summed E-state index contributed by atoms with van der Waals surface area (Å²) in [5, 5.41) is 11.1. The molecule has 0 spiro atoms. The van der Waals surface area contributed by atoms with Gasteiger partial charge in [0.25, 0.3) is 11.6 Å². The van der Waals surface area contributed by atoms with Crippen LogP contribution in [0.3, 0.4) is 0 Å². The fraction of sp³-hybridized carbons (Fsp3) is 0.222. The van der Waals surface area contributed by atoms with Crippen LogP contribution in [0, 0.1) is 17.0 Å². The Morgan fingerprint density at radius 1 is 0.972 bits per heavy atom. The molecule has 0 bridgehead atoms. The molecule has 4 aromatic rings. The zero-order valence-corrected chi connectivity index (χ0v) is 19.8. The molecule has 0 saturated carbocycles. The number of carbonyl (C=O) groups excluding carboxylic acids is 1. The summed E-state index contributed by atoms with van der Waals surface area (Å²) in [7, 11) is 0. The molecule has 2 aromatic heterocycles. The minimum atomic E-state index is -0.401. The summed E-state index contributed by atoms with van der Waals surface area (Å²) in [6, 6.07) is 19.8. The summed E-state index contributed by atoms with van der Waals surface area (Å²) in [6.07, 6.45) is 2.04. The lowest BCUT2D eigenvalue weighted by Gasteiger charge is -2.36. The van der Waals surface area contributed by atoms with Crippen LogP contribution in [0.1, 0.15) is 27.4 Å². The maximum absolute atomic E-state index is 12.7. The molecule has 36 heavy (non-hydrogen) atoms. The van der Waals surface area contributed by atoms with Crippen molar-refractivity contribution in [2.75, 3.05) is 31.1 Å². The second-order valence-corrected chi connectivity index (χ2v) is 8.66. The lowest BCUT2D eigenvalue weighted by atomic mass is 10.0. The minimum absolute atomic E-state index is 0.0590. The van der Waals surface area contributed by atoms with E-state index in [0.717, 1.165) is 28.2 Å². The van der Waals surface area contributed by atoms with Gasteiger partial charge in [0.05, 0.1) is 11.2 Å². The Labute approximate surface area is 208 Å². The van der Waals surface area contributed by atoms with Gasteiger partial charge in [-0.1, -0.05) is 42.5 Å². The Kier molecular flexibility index (Phi) is 6.44. The van der Waals surface area contributed by atoms with Gasteiger partial charge in [0.1, 0.15) is 5.82 Å². The molecular formula is C27H25N5O4. The van der Waals surface area contributed by atoms with Gasteiger partial charge in [-0.2, -0.15) is 0 Å². The number of benzene rings is 2. The van der Waals surface area contributed by atoms with Gasteiger partial charge in [-0.15, -0.1) is 0 Å². The maximum Gasteiger partial charge on any atom is 0.289 e. The highest BCUT2D eigenvalue weighted by Gasteiger charge is 2.27. The smallest absolute Gasteiger partial charge is 0.289 e. The van der Waals surface area contributed by atoms with Crippen molar-refractivity contribution in [2.45, 2.75) is 13.3 Å². The Morgan fingerprint density at radius 2 is 1.69 bits per heavy atom. The van der Waals surface area contributed by atoms with Crippen molar-refractivity contribution in [3.05, 3.63) is 106 Å². The highest BCUT2D eigenvalue weighted by molar-refractivity contribution is 5.91. The quantitative estimate of drug-likeness (QED) is 0.293. The molecule has 9 nitrogen and oxygen atoms in total. The number of furan rings is 1. The van der Waals surface area contributed by atoms with Gasteiger partial charge in [0.15, 0.2) is 11.6 Å². The van der Waals surface area contributed by atoms with E-state index in [1.807, 2.05) is 37.3 Å². The van der Waals surface area contributed by atoms with E-state index in [-0.39, 0.29) is 11.6 Å². The van der Waals surface area contributed by atoms with E-state index in [2.05, 4.69) is 4.90 Å². The lowest BCUT2D eigenvalue weighted by molar-refractivity contribution is -0.384. The van der Waals surface area contributed by atoms with Crippen LogP contribution in [-0.4, -0.2) is 51.9 Å². The predicted molar refractivity (Wildman–Crippen MR) is 135 cm³/mol. The van der Waals surface area contributed by atoms with Gasteiger partial charge in [-0.25, -0.2) is 9.97 Å². The normalized spacial score (nSPS) is 13.6. The fourth-order valence-corrected chi connectivity index (χ4v) is 4.38. The van der Waals surface area contributed by atoms with Crippen molar-refractivity contribution in [1.29, 1.82) is 0 Å². The first kappa shape index (κ1) is 23.2. The average molecular weight is 484 g/mol. The average Bonchev–Trinajstić information content (AvgIpc) is 3.45. The van der Waals surface area contributed by atoms with Gasteiger partial charge < -0.3 is 14.2 Å². The predicted octanol–water partition coefficient (Wildman–Crippen LogP) is 4.51. The molecule has 0 N–H and O–H groups in total. The third-order valence-electron chi connectivity index (χ3n) is 6.35. The summed E-state index contributed by atoms with van der Waals surface area (Å²) in [6.45, 7) is 4.28. The number of non-ortho nitro benzene ring substituents is 1. The molecule has 1 aliphatic heterocycles. The minimum Gasteiger partial charge on any atom is -0.459 e. The van der Waals surface area contributed by atoms with Gasteiger partial charge in [0.2, 0.25) is 0 Å². The van der Waals surface area contributed by atoms with Crippen LogP contribution < -0.4 is 4.90 Å². The van der Waals surface area contributed by atoms with Crippen LogP contribution in [0.4, 0.5) is 11.5 Å². The molecule has 0 aliphatic carbocycles. The molecule has 1 fully saturated rings. The largest absolute Gasteiger partial charge is 0.459 e. The SMILES string of the molecule is Cc1nc(-c2ccccc2)nc(N2CCN(C(=O)c3ccco3)CC2)c1Cc1ccc([N+](=O)[O-])cc1. The summed E-state index contributed by atoms with van der Waals surface area (Å²) in [5.74, 6) is 1.69. The highest BCUT2D eigenvalue weighted by Crippen LogP contribution is 2.29. The van der Waals surface area contributed by atoms with Crippen LogP contribution in [0.2, 0.25) is 0 Å². The number of hydrogen-bond acceptors (Lipinski definition) is 7. The third kappa shape index (κ3) is 4.81. The second-order valence-electron chi connectivity index (χ2n) is 8.66. The first-order valence-corrected chi connectivity index (χ1v) is 11.7. The van der Waals surface area contributed by atoms with Crippen LogP contribution >= 0.6 is 0 Å². The van der Waals surface area contributed by atoms with E-state index in [4.69, 9.17) is 14.4 Å². The number of aryl methyl sites for hydroxylation is 1. The van der Waals surface area contributed by atoms with Crippen LogP contribution in [0.15, 0.2) is 77.4 Å². The fourth-order valence-electron chi connectivity index (χ4n) is 4.38. The number of nitro benzene ring substituents is 1. The number of nitro groups is 1. The van der Waals surface area contributed by atoms with Crippen molar-refractivity contribution in [3.8, 4) is 11.4 Å². The number of anilines is 1. The zero-order valence-electron chi connectivity index (χ0n) is 19.8. The van der Waals surface area contributed by atoms with E-state index in [1.54, 1.807) is 29.2 Å². The Balaban J connectivity index is 1.45. The molecule has 1 amide bonds. The topological polar surface area (TPSA) is 106 Å². The number of hydrogen-bond donors (Lipinski definition) is 0. The van der Waals surface area contributed by atoms with Crippen LogP contribution in [-0.2, 0) is 6.42 Å². The highest BCUT2D eigenvalue weighted by atomic mass is 16.6. The van der Waals surface area contributed by atoms with E-state index in [1.165, 1.54) is 18.4 Å². The van der Waals surface area contributed by atoms with Gasteiger partial charge >= 0.3 is 0 Å². The summed E-state index contributed by atoms with van der Waals surface area (Å²) in [5.41, 5.74) is 3.74. The molecule has 0 atom stereocenters. The van der Waals surface area contributed by atoms with Crippen LogP contribution in [0.5, 0.6) is 0 Å². The maximum atomic E-state index is 12.7. The second kappa shape index (κ2) is 9.99. The Hall–Kier alpha value is -4.53. The monoisotopic (exact) mass is 483 g/mol. The summed E-state index contributed by atoms with van der Waals surface area (Å²) < 4.78 is 5.28. The number of carbonyl (C=O) groups is 1. The molecule has 1 saturated heterocycles. The van der Waals surface area contributed by atoms with E-state index in [0.29, 0.717) is 44.2 Å². The van der Waals surface area contributed by atoms with E-state index >= 15 is 0 Å². The van der Waals surface area contributed by atoms with Crippen molar-refractivity contribution in [2.24, 2.45) is 0 Å². The summed E-state index contributed by atoms with van der Waals surface area (Å²) >= 11 is 0. The molecule has 1 aliphatic rings. The standard InChI is InChI=1S/C27H25N5O4/c1-19-23(18-20-9-11-22(12-10-20)32(34)35)26(29-25(28-19)21-6-3-2-4-7-21)30-13-15-31(16-14-30)27(33)24-8-5-17-36-24/h2-12,17H,13-16,18H2,1H3. The Morgan fingerprint density at radius 3 is 2.33 bits per heavy atom. The number of piperazine rings is 1. The molecule has 182 valence electrons. The van der Waals surface area contributed by atoms with Crippen molar-refractivity contribution in [1.82, 2.24) is 14.9 Å². The van der Waals surface area contributed by atoms with E-state index < -0.39 is 4.92 Å². The zero-order chi connectivity index (χ0) is 25.1. The third-order valence-corrected chi connectivity index (χ3v) is 6.35. The number of aromatic nitrogens is 2. The molecule has 2 aromatic carbocycles. The van der Waals surface area contributed by atoms with Gasteiger partial charge in [-0.3, -0.25) is 14.9 Å². The van der Waals surface area contributed by atoms with E-state index in [9.17, 15) is 14.9 Å². The van der Waals surface area contributed by atoms with Gasteiger partial charge in [-0.05, 0) is 24.6 Å². The van der Waals surface area contributed by atoms with Crippen molar-refractivity contribution >= 4 is 17.4 Å². The van der Waals surface area contributed by atoms with Crippen LogP contribution in [0.25, 0.3) is 11.4 Å². The molecule has 9 heteroatoms. The lowest BCUT2D eigenvalue weighted by Crippen LogP contribution is -2.49. The first-order chi connectivity index (χ1) is 17.5. The molecule has 3 heterocycles. The van der Waals surface area contributed by atoms with Gasteiger partial charge in [0, 0.05) is 61.6 Å². The molecule has 5 rings (SSSR count). The van der Waals surface area contributed by atoms with Crippen molar-refractivity contribution < 1.29 is 14.1 Å².